The molecule has 0 fully saturated rings. The quantitative estimate of drug-likeness (QED) is 0.661. The van der Waals surface area contributed by atoms with Gasteiger partial charge in [0.25, 0.3) is 5.91 Å². The summed E-state index contributed by atoms with van der Waals surface area (Å²) >= 11 is 0. The second-order valence-corrected chi connectivity index (χ2v) is 6.04. The van der Waals surface area contributed by atoms with Gasteiger partial charge in [-0.3, -0.25) is 14.6 Å². The SMILES string of the molecule is CO[C@@H](C(=O)N[C@H](Cc1cnc2ccccc2n1)C(N)=O)c1ccccc1. The summed E-state index contributed by atoms with van der Waals surface area (Å²) in [5.41, 5.74) is 8.20. The Balaban J connectivity index is 1.76. The van der Waals surface area contributed by atoms with Crippen molar-refractivity contribution in [2.75, 3.05) is 7.11 Å². The van der Waals surface area contributed by atoms with Crippen LogP contribution in [0.1, 0.15) is 17.4 Å². The second kappa shape index (κ2) is 8.37. The zero-order chi connectivity index (χ0) is 19.2. The lowest BCUT2D eigenvalue weighted by molar-refractivity contribution is -0.134. The number of hydrogen-bond donors (Lipinski definition) is 2. The van der Waals surface area contributed by atoms with E-state index in [2.05, 4.69) is 15.3 Å². The molecule has 0 bridgehead atoms. The molecule has 2 aromatic carbocycles. The third-order valence-corrected chi connectivity index (χ3v) is 4.15. The van der Waals surface area contributed by atoms with Gasteiger partial charge in [0.15, 0.2) is 6.10 Å². The van der Waals surface area contributed by atoms with E-state index in [1.165, 1.54) is 7.11 Å². The van der Waals surface area contributed by atoms with Gasteiger partial charge in [-0.1, -0.05) is 42.5 Å². The molecular weight excluding hydrogens is 344 g/mol. The lowest BCUT2D eigenvalue weighted by Crippen LogP contribution is -2.47. The molecule has 3 N–H and O–H groups in total. The molecule has 0 aliphatic heterocycles. The van der Waals surface area contributed by atoms with Crippen LogP contribution in [0, 0.1) is 0 Å². The fourth-order valence-corrected chi connectivity index (χ4v) is 2.80. The second-order valence-electron chi connectivity index (χ2n) is 6.04. The van der Waals surface area contributed by atoms with Crippen LogP contribution < -0.4 is 11.1 Å². The average molecular weight is 364 g/mol. The Hall–Kier alpha value is -3.32. The summed E-state index contributed by atoms with van der Waals surface area (Å²) < 4.78 is 5.29. The standard InChI is InChI=1S/C20H20N4O3/c1-27-18(13-7-3-2-4-8-13)20(26)24-17(19(21)25)11-14-12-22-15-9-5-6-10-16(15)23-14/h2-10,12,17-18H,11H2,1H3,(H2,21,25)(H,24,26)/t17-,18-/m1/s1. The van der Waals surface area contributed by atoms with Crippen LogP contribution in [0.25, 0.3) is 11.0 Å². The Morgan fingerprint density at radius 2 is 1.74 bits per heavy atom. The number of nitrogens with two attached hydrogens (primary N) is 1. The van der Waals surface area contributed by atoms with Crippen LogP contribution >= 0.6 is 0 Å². The fraction of sp³-hybridized carbons (Fsp3) is 0.200. The third-order valence-electron chi connectivity index (χ3n) is 4.15. The number of hydrogen-bond acceptors (Lipinski definition) is 5. The van der Waals surface area contributed by atoms with E-state index in [9.17, 15) is 9.59 Å². The van der Waals surface area contributed by atoms with E-state index in [0.29, 0.717) is 16.8 Å². The van der Waals surface area contributed by atoms with Gasteiger partial charge < -0.3 is 15.8 Å². The number of fused-ring (bicyclic) bond motifs is 1. The number of aromatic nitrogens is 2. The number of nitrogens with one attached hydrogen (secondary N) is 1. The van der Waals surface area contributed by atoms with Crippen LogP contribution in [0.3, 0.4) is 0 Å². The van der Waals surface area contributed by atoms with E-state index >= 15 is 0 Å². The molecule has 0 saturated heterocycles. The van der Waals surface area contributed by atoms with Gasteiger partial charge >= 0.3 is 0 Å². The lowest BCUT2D eigenvalue weighted by atomic mass is 10.1. The topological polar surface area (TPSA) is 107 Å². The molecule has 3 rings (SSSR count). The first-order chi connectivity index (χ1) is 13.1. The minimum atomic E-state index is -0.922. The van der Waals surface area contributed by atoms with Crippen LogP contribution in [0.2, 0.25) is 0 Å². The van der Waals surface area contributed by atoms with Crippen LogP contribution in [0.5, 0.6) is 0 Å². The highest BCUT2D eigenvalue weighted by Crippen LogP contribution is 2.17. The summed E-state index contributed by atoms with van der Waals surface area (Å²) in [7, 11) is 1.44. The average Bonchev–Trinajstić information content (AvgIpc) is 2.68. The van der Waals surface area contributed by atoms with E-state index in [4.69, 9.17) is 10.5 Å². The molecule has 138 valence electrons. The summed E-state index contributed by atoms with van der Waals surface area (Å²) in [6.45, 7) is 0. The highest BCUT2D eigenvalue weighted by Gasteiger charge is 2.26. The summed E-state index contributed by atoms with van der Waals surface area (Å²) in [6.07, 6.45) is 0.885. The molecule has 0 unspecified atom stereocenters. The maximum absolute atomic E-state index is 12.6. The summed E-state index contributed by atoms with van der Waals surface area (Å²) in [6, 6.07) is 15.5. The first-order valence-corrected chi connectivity index (χ1v) is 8.46. The van der Waals surface area contributed by atoms with Crippen molar-refractivity contribution >= 4 is 22.8 Å². The third kappa shape index (κ3) is 4.45. The van der Waals surface area contributed by atoms with Crippen LogP contribution in [0.15, 0.2) is 60.8 Å². The van der Waals surface area contributed by atoms with Crippen molar-refractivity contribution in [3.8, 4) is 0 Å². The van der Waals surface area contributed by atoms with Crippen LogP contribution in [-0.4, -0.2) is 34.9 Å². The first kappa shape index (κ1) is 18.5. The smallest absolute Gasteiger partial charge is 0.254 e. The Morgan fingerprint density at radius 3 is 2.41 bits per heavy atom. The van der Waals surface area contributed by atoms with Gasteiger partial charge in [0, 0.05) is 19.7 Å². The largest absolute Gasteiger partial charge is 0.368 e. The molecule has 3 aromatic rings. The first-order valence-electron chi connectivity index (χ1n) is 8.46. The molecule has 27 heavy (non-hydrogen) atoms. The van der Waals surface area contributed by atoms with Gasteiger partial charge in [-0.15, -0.1) is 0 Å². The highest BCUT2D eigenvalue weighted by molar-refractivity contribution is 5.89. The van der Waals surface area contributed by atoms with E-state index in [-0.39, 0.29) is 6.42 Å². The van der Waals surface area contributed by atoms with E-state index in [0.717, 1.165) is 5.52 Å². The predicted molar refractivity (Wildman–Crippen MR) is 101 cm³/mol. The van der Waals surface area contributed by atoms with E-state index < -0.39 is 24.0 Å². The Kier molecular flexibility index (Phi) is 5.73. The minimum Gasteiger partial charge on any atom is -0.368 e. The molecule has 1 heterocycles. The van der Waals surface area contributed by atoms with Gasteiger partial charge in [0.1, 0.15) is 6.04 Å². The number of rotatable bonds is 7. The predicted octanol–water partition coefficient (Wildman–Crippen LogP) is 1.53. The molecule has 2 atom stereocenters. The van der Waals surface area contributed by atoms with Crippen molar-refractivity contribution in [1.82, 2.24) is 15.3 Å². The van der Waals surface area contributed by atoms with Crippen molar-refractivity contribution in [3.63, 3.8) is 0 Å². The number of benzene rings is 2. The number of amides is 2. The summed E-state index contributed by atoms with van der Waals surface area (Å²) in [5, 5.41) is 2.66. The molecule has 0 aliphatic rings. The number of methoxy groups -OCH3 is 1. The minimum absolute atomic E-state index is 0.143. The number of ether oxygens (including phenoxy) is 1. The lowest BCUT2D eigenvalue weighted by Gasteiger charge is -2.20. The number of carbonyl (C=O) groups is 2. The van der Waals surface area contributed by atoms with Crippen molar-refractivity contribution in [2.24, 2.45) is 5.73 Å². The van der Waals surface area contributed by atoms with Crippen molar-refractivity contribution < 1.29 is 14.3 Å². The Bertz CT molecular complexity index is 946. The molecule has 0 radical (unpaired) electrons. The highest BCUT2D eigenvalue weighted by atomic mass is 16.5. The van der Waals surface area contributed by atoms with Crippen molar-refractivity contribution in [3.05, 3.63) is 72.1 Å². The molecule has 7 nitrogen and oxygen atoms in total. The van der Waals surface area contributed by atoms with E-state index in [1.807, 2.05) is 42.5 Å². The van der Waals surface area contributed by atoms with Gasteiger partial charge in [-0.2, -0.15) is 0 Å². The molecule has 0 saturated carbocycles. The maximum Gasteiger partial charge on any atom is 0.254 e. The van der Waals surface area contributed by atoms with Gasteiger partial charge in [0.2, 0.25) is 5.91 Å². The molecule has 0 spiro atoms. The molecular formula is C20H20N4O3. The molecule has 2 amide bonds. The number of primary amides is 1. The maximum atomic E-state index is 12.6. The van der Waals surface area contributed by atoms with Crippen LogP contribution in [-0.2, 0) is 20.7 Å². The number of carbonyl (C=O) groups excluding carboxylic acids is 2. The fourth-order valence-electron chi connectivity index (χ4n) is 2.80. The van der Waals surface area contributed by atoms with Crippen molar-refractivity contribution in [2.45, 2.75) is 18.6 Å². The monoisotopic (exact) mass is 364 g/mol. The van der Waals surface area contributed by atoms with Crippen LogP contribution in [0.4, 0.5) is 0 Å². The van der Waals surface area contributed by atoms with E-state index in [1.54, 1.807) is 18.3 Å². The molecule has 1 aromatic heterocycles. The summed E-state index contributed by atoms with van der Waals surface area (Å²) in [5.74, 6) is -1.09. The Labute approximate surface area is 156 Å². The summed E-state index contributed by atoms with van der Waals surface area (Å²) in [4.78, 5) is 33.3. The van der Waals surface area contributed by atoms with Crippen molar-refractivity contribution in [1.29, 1.82) is 0 Å². The zero-order valence-electron chi connectivity index (χ0n) is 14.8. The Morgan fingerprint density at radius 1 is 1.07 bits per heavy atom. The number of para-hydroxylation sites is 2. The normalized spacial score (nSPS) is 13.1. The number of nitrogens with zero attached hydrogens (tertiary/aromatic N) is 2. The molecule has 0 aliphatic carbocycles. The van der Waals surface area contributed by atoms with Gasteiger partial charge in [-0.05, 0) is 17.7 Å². The van der Waals surface area contributed by atoms with Gasteiger partial charge in [-0.25, -0.2) is 4.98 Å². The van der Waals surface area contributed by atoms with Gasteiger partial charge in [0.05, 0.1) is 16.7 Å². The zero-order valence-corrected chi connectivity index (χ0v) is 14.8. The molecule has 7 heteroatoms.